The Kier molecular flexibility index (Phi) is 9.60. The molecule has 1 amide bonds. The van der Waals surface area contributed by atoms with E-state index < -0.39 is 0 Å². The summed E-state index contributed by atoms with van der Waals surface area (Å²) in [5, 5.41) is 0. The van der Waals surface area contributed by atoms with Gasteiger partial charge in [-0.2, -0.15) is 0 Å². The average molecular weight is 399 g/mol. The van der Waals surface area contributed by atoms with Crippen molar-refractivity contribution >= 4 is 11.9 Å². The summed E-state index contributed by atoms with van der Waals surface area (Å²) in [6.07, 6.45) is 8.20. The molecular weight excluding hydrogens is 372 g/mol. The normalized spacial score (nSPS) is 17.0. The van der Waals surface area contributed by atoms with E-state index in [-0.39, 0.29) is 34.8 Å². The highest BCUT2D eigenvalue weighted by Crippen LogP contribution is 2.19. The maximum atomic E-state index is 12.3. The van der Waals surface area contributed by atoms with Crippen molar-refractivity contribution in [1.29, 1.82) is 0 Å². The van der Waals surface area contributed by atoms with Gasteiger partial charge < -0.3 is 26.6 Å². The molecule has 1 fully saturated rings. The van der Waals surface area contributed by atoms with Gasteiger partial charge in [-0.05, 0) is 26.2 Å². The molecule has 5 nitrogen and oxygen atoms in total. The number of unbranched alkanes of at least 4 members (excludes halogenated alkanes) is 1. The van der Waals surface area contributed by atoms with E-state index in [1.54, 1.807) is 0 Å². The van der Waals surface area contributed by atoms with Gasteiger partial charge in [0.25, 0.3) is 0 Å². The van der Waals surface area contributed by atoms with Gasteiger partial charge in [0.05, 0.1) is 12.5 Å². The lowest BCUT2D eigenvalue weighted by Gasteiger charge is -2.31. The minimum Gasteiger partial charge on any atom is -1.00 e. The second kappa shape index (κ2) is 11.2. The number of esters is 1. The predicted molar refractivity (Wildman–Crippen MR) is 86.4 cm³/mol. The summed E-state index contributed by atoms with van der Waals surface area (Å²) in [4.78, 5) is 26.0. The number of ether oxygens (including phenoxy) is 1. The van der Waals surface area contributed by atoms with Crippen LogP contribution in [0.4, 0.5) is 0 Å². The van der Waals surface area contributed by atoms with Crippen LogP contribution < -0.4 is 21.5 Å². The molecule has 2 heterocycles. The Balaban J connectivity index is 0.00000288. The number of aromatic nitrogens is 1. The van der Waals surface area contributed by atoms with E-state index in [4.69, 9.17) is 4.74 Å². The van der Waals surface area contributed by atoms with Crippen molar-refractivity contribution in [1.82, 2.24) is 4.90 Å². The lowest BCUT2D eigenvalue weighted by Crippen LogP contribution is -3.00. The van der Waals surface area contributed by atoms with Gasteiger partial charge in [-0.15, -0.1) is 0 Å². The molecule has 0 bridgehead atoms. The fraction of sp³-hybridized carbons (Fsp3) is 0.611. The number of amides is 1. The fourth-order valence-electron chi connectivity index (χ4n) is 2.97. The first kappa shape index (κ1) is 20.6. The molecular formula is C18H27BrN2O3. The van der Waals surface area contributed by atoms with Gasteiger partial charge in [0.1, 0.15) is 6.54 Å². The molecule has 2 rings (SSSR count). The third kappa shape index (κ3) is 6.59. The highest BCUT2D eigenvalue weighted by atomic mass is 79.9. The molecule has 6 heteroatoms. The number of pyridine rings is 1. The fourth-order valence-corrected chi connectivity index (χ4v) is 2.97. The van der Waals surface area contributed by atoms with Crippen molar-refractivity contribution < 1.29 is 35.9 Å². The molecule has 0 aliphatic carbocycles. The molecule has 1 aliphatic rings. The highest BCUT2D eigenvalue weighted by molar-refractivity contribution is 5.78. The van der Waals surface area contributed by atoms with Gasteiger partial charge in [-0.25, -0.2) is 4.57 Å². The Hall–Kier alpha value is -1.43. The lowest BCUT2D eigenvalue weighted by molar-refractivity contribution is -0.697. The lowest BCUT2D eigenvalue weighted by atomic mass is 9.98. The van der Waals surface area contributed by atoms with Crippen LogP contribution in [0.3, 0.4) is 0 Å². The SMILES string of the molecule is CCOC(=O)C1CCCN(C(=O)CCCC[n+]2ccccc2)C1.[Br-]. The van der Waals surface area contributed by atoms with Crippen LogP contribution in [0.15, 0.2) is 30.6 Å². The van der Waals surface area contributed by atoms with Gasteiger partial charge in [0.2, 0.25) is 5.91 Å². The molecule has 1 atom stereocenters. The zero-order chi connectivity index (χ0) is 16.5. The minimum absolute atomic E-state index is 0. The summed E-state index contributed by atoms with van der Waals surface area (Å²) in [6.45, 7) is 4.43. The molecule has 0 radical (unpaired) electrons. The van der Waals surface area contributed by atoms with Crippen LogP contribution in [0.5, 0.6) is 0 Å². The zero-order valence-corrected chi connectivity index (χ0v) is 15.9. The second-order valence-electron chi connectivity index (χ2n) is 6.00. The minimum atomic E-state index is -0.162. The summed E-state index contributed by atoms with van der Waals surface area (Å²) >= 11 is 0. The van der Waals surface area contributed by atoms with E-state index in [2.05, 4.69) is 4.57 Å². The Bertz CT molecular complexity index is 510. The number of carbonyl (C=O) groups is 2. The third-order valence-corrected chi connectivity index (χ3v) is 4.23. The van der Waals surface area contributed by atoms with Crippen LogP contribution in [0, 0.1) is 5.92 Å². The zero-order valence-electron chi connectivity index (χ0n) is 14.3. The van der Waals surface area contributed by atoms with Crippen molar-refractivity contribution in [2.75, 3.05) is 19.7 Å². The van der Waals surface area contributed by atoms with Crippen molar-refractivity contribution in [2.24, 2.45) is 5.92 Å². The van der Waals surface area contributed by atoms with Crippen LogP contribution in [0.25, 0.3) is 0 Å². The number of rotatable bonds is 7. The van der Waals surface area contributed by atoms with Crippen LogP contribution in [-0.2, 0) is 20.9 Å². The second-order valence-corrected chi connectivity index (χ2v) is 6.00. The number of hydrogen-bond acceptors (Lipinski definition) is 3. The molecule has 1 saturated heterocycles. The highest BCUT2D eigenvalue weighted by Gasteiger charge is 2.28. The van der Waals surface area contributed by atoms with Crippen LogP contribution >= 0.6 is 0 Å². The number of aryl methyl sites for hydroxylation is 1. The topological polar surface area (TPSA) is 50.5 Å². The van der Waals surface area contributed by atoms with Crippen LogP contribution in [0.2, 0.25) is 0 Å². The maximum absolute atomic E-state index is 12.3. The molecule has 1 aromatic heterocycles. The van der Waals surface area contributed by atoms with Gasteiger partial charge in [0, 0.05) is 38.1 Å². The Morgan fingerprint density at radius 3 is 2.67 bits per heavy atom. The molecule has 1 unspecified atom stereocenters. The van der Waals surface area contributed by atoms with Gasteiger partial charge >= 0.3 is 5.97 Å². The number of nitrogens with zero attached hydrogens (tertiary/aromatic N) is 2. The molecule has 134 valence electrons. The Morgan fingerprint density at radius 2 is 1.96 bits per heavy atom. The van der Waals surface area contributed by atoms with Gasteiger partial charge in [0.15, 0.2) is 12.4 Å². The third-order valence-electron chi connectivity index (χ3n) is 4.23. The summed E-state index contributed by atoms with van der Waals surface area (Å²) < 4.78 is 7.20. The first-order chi connectivity index (χ1) is 11.2. The van der Waals surface area contributed by atoms with E-state index >= 15 is 0 Å². The van der Waals surface area contributed by atoms with E-state index in [1.165, 1.54) is 0 Å². The monoisotopic (exact) mass is 398 g/mol. The number of piperidine rings is 1. The number of hydrogen-bond donors (Lipinski definition) is 0. The molecule has 24 heavy (non-hydrogen) atoms. The summed E-state index contributed by atoms with van der Waals surface area (Å²) in [7, 11) is 0. The van der Waals surface area contributed by atoms with Gasteiger partial charge in [-0.3, -0.25) is 9.59 Å². The first-order valence-corrected chi connectivity index (χ1v) is 8.59. The standard InChI is InChI=1S/C18H27N2O3.BrH/c1-2-23-18(22)16-9-8-14-20(15-16)17(21)10-4-7-13-19-11-5-3-6-12-19;/h3,5-6,11-12,16H,2,4,7-10,13-15H2,1H3;1H/q+1;/p-1. The molecule has 1 aliphatic heterocycles. The number of likely N-dealkylation sites (tertiary alicyclic amines) is 1. The summed E-state index contributed by atoms with van der Waals surface area (Å²) in [5.41, 5.74) is 0. The molecule has 1 aromatic rings. The van der Waals surface area contributed by atoms with Crippen molar-refractivity contribution in [3.63, 3.8) is 0 Å². The molecule has 0 saturated carbocycles. The van der Waals surface area contributed by atoms with E-state index in [0.717, 1.165) is 38.8 Å². The average Bonchev–Trinajstić information content (AvgIpc) is 2.60. The Morgan fingerprint density at radius 1 is 1.21 bits per heavy atom. The van der Waals surface area contributed by atoms with Crippen LogP contribution in [-0.4, -0.2) is 36.5 Å². The van der Waals surface area contributed by atoms with Gasteiger partial charge in [-0.1, -0.05) is 6.07 Å². The van der Waals surface area contributed by atoms with E-state index in [0.29, 0.717) is 19.6 Å². The molecule has 0 spiro atoms. The predicted octanol–water partition coefficient (Wildman–Crippen LogP) is -1.05. The molecule has 0 aromatic carbocycles. The Labute approximate surface area is 154 Å². The first-order valence-electron chi connectivity index (χ1n) is 8.59. The van der Waals surface area contributed by atoms with Crippen molar-refractivity contribution in [3.05, 3.63) is 30.6 Å². The quantitative estimate of drug-likeness (QED) is 0.334. The van der Waals surface area contributed by atoms with Crippen LogP contribution in [0.1, 0.15) is 39.0 Å². The largest absolute Gasteiger partial charge is 1.00 e. The smallest absolute Gasteiger partial charge is 0.310 e. The molecule has 0 N–H and O–H groups in total. The van der Waals surface area contributed by atoms with Crippen molar-refractivity contribution in [2.45, 2.75) is 45.6 Å². The van der Waals surface area contributed by atoms with E-state index in [9.17, 15) is 9.59 Å². The summed E-state index contributed by atoms with van der Waals surface area (Å²) in [5.74, 6) is -0.143. The van der Waals surface area contributed by atoms with Crippen molar-refractivity contribution in [3.8, 4) is 0 Å². The number of carbonyl (C=O) groups excluding carboxylic acids is 2. The van der Waals surface area contributed by atoms with E-state index in [1.807, 2.05) is 42.4 Å². The number of halogens is 1. The maximum Gasteiger partial charge on any atom is 0.310 e. The summed E-state index contributed by atoms with van der Waals surface area (Å²) in [6, 6.07) is 6.01.